The number of anilines is 1. The summed E-state index contributed by atoms with van der Waals surface area (Å²) in [6.45, 7) is 1.02. The van der Waals surface area contributed by atoms with Gasteiger partial charge in [-0.05, 0) is 25.0 Å². The maximum atomic E-state index is 13.8. The van der Waals surface area contributed by atoms with E-state index < -0.39 is 10.0 Å². The molecule has 1 aromatic heterocycles. The van der Waals surface area contributed by atoms with Crippen LogP contribution in [0, 0.1) is 5.82 Å². The highest BCUT2D eigenvalue weighted by atomic mass is 32.2. The van der Waals surface area contributed by atoms with Crippen molar-refractivity contribution in [1.82, 2.24) is 9.29 Å². The Morgan fingerprint density at radius 2 is 2.00 bits per heavy atom. The zero-order chi connectivity index (χ0) is 15.7. The minimum atomic E-state index is -3.12. The summed E-state index contributed by atoms with van der Waals surface area (Å²) in [5.74, 6) is -0.340. The first-order chi connectivity index (χ1) is 10.4. The predicted octanol–water partition coefficient (Wildman–Crippen LogP) is 2.21. The first-order valence-corrected chi connectivity index (χ1v) is 9.05. The number of fused-ring (bicyclic) bond motifs is 1. The molecular weight excluding hydrogens is 305 g/mol. The summed E-state index contributed by atoms with van der Waals surface area (Å²) in [5.41, 5.74) is 1.18. The number of pyridine rings is 1. The number of piperidine rings is 1. The maximum Gasteiger partial charge on any atom is 0.211 e. The Morgan fingerprint density at radius 3 is 2.68 bits per heavy atom. The molecule has 0 spiro atoms. The van der Waals surface area contributed by atoms with Crippen molar-refractivity contribution >= 4 is 26.6 Å². The lowest BCUT2D eigenvalue weighted by atomic mass is 10.1. The number of hydrogen-bond donors (Lipinski definition) is 1. The Kier molecular flexibility index (Phi) is 4.01. The molecule has 0 aliphatic carbocycles. The fourth-order valence-corrected chi connectivity index (χ4v) is 3.69. The van der Waals surface area contributed by atoms with E-state index in [0.717, 1.165) is 23.9 Å². The van der Waals surface area contributed by atoms with E-state index in [2.05, 4.69) is 10.3 Å². The molecule has 7 heteroatoms. The van der Waals surface area contributed by atoms with E-state index in [0.29, 0.717) is 18.6 Å². The maximum absolute atomic E-state index is 13.8. The molecular formula is C15H18FN3O2S. The number of nitrogens with one attached hydrogen (secondary N) is 1. The fourth-order valence-electron chi connectivity index (χ4n) is 2.82. The van der Waals surface area contributed by atoms with E-state index in [4.69, 9.17) is 0 Å². The van der Waals surface area contributed by atoms with E-state index in [1.54, 1.807) is 12.3 Å². The highest BCUT2D eigenvalue weighted by Gasteiger charge is 2.25. The monoisotopic (exact) mass is 323 g/mol. The summed E-state index contributed by atoms with van der Waals surface area (Å²) >= 11 is 0. The number of para-hydroxylation sites is 1. The Hall–Kier alpha value is -1.73. The van der Waals surface area contributed by atoms with Gasteiger partial charge in [-0.25, -0.2) is 17.1 Å². The van der Waals surface area contributed by atoms with Gasteiger partial charge in [0.05, 0.1) is 6.26 Å². The van der Waals surface area contributed by atoms with Crippen molar-refractivity contribution < 1.29 is 12.8 Å². The van der Waals surface area contributed by atoms with E-state index in [9.17, 15) is 12.8 Å². The second-order valence-electron chi connectivity index (χ2n) is 5.58. The SMILES string of the molecule is CS(=O)(=O)N1CCC(Nc2ccnc3c(F)cccc23)CC1. The normalized spacial score (nSPS) is 17.7. The molecule has 3 rings (SSSR count). The highest BCUT2D eigenvalue weighted by Crippen LogP contribution is 2.26. The first-order valence-electron chi connectivity index (χ1n) is 7.20. The van der Waals surface area contributed by atoms with E-state index in [1.807, 2.05) is 12.1 Å². The second kappa shape index (κ2) is 5.81. The van der Waals surface area contributed by atoms with Gasteiger partial charge in [0.2, 0.25) is 10.0 Å². The lowest BCUT2D eigenvalue weighted by Crippen LogP contribution is -2.41. The number of rotatable bonds is 3. The number of nitrogens with zero attached hydrogens (tertiary/aromatic N) is 2. The predicted molar refractivity (Wildman–Crippen MR) is 84.8 cm³/mol. The molecule has 22 heavy (non-hydrogen) atoms. The topological polar surface area (TPSA) is 62.3 Å². The molecule has 118 valence electrons. The van der Waals surface area contributed by atoms with Crippen LogP contribution >= 0.6 is 0 Å². The summed E-state index contributed by atoms with van der Waals surface area (Å²) in [6.07, 6.45) is 4.28. The third-order valence-corrected chi connectivity index (χ3v) is 5.31. The first kappa shape index (κ1) is 15.2. The number of halogens is 1. The van der Waals surface area contributed by atoms with Crippen molar-refractivity contribution in [3.05, 3.63) is 36.3 Å². The van der Waals surface area contributed by atoms with Crippen LogP contribution in [0.2, 0.25) is 0 Å². The second-order valence-corrected chi connectivity index (χ2v) is 7.56. The summed E-state index contributed by atoms with van der Waals surface area (Å²) < 4.78 is 38.3. The molecule has 1 aromatic carbocycles. The molecule has 2 aromatic rings. The molecule has 5 nitrogen and oxygen atoms in total. The summed E-state index contributed by atoms with van der Waals surface area (Å²) in [6, 6.07) is 6.89. The number of sulfonamides is 1. The van der Waals surface area contributed by atoms with Gasteiger partial charge in [-0.3, -0.25) is 4.98 Å². The third kappa shape index (κ3) is 3.05. The molecule has 1 aliphatic heterocycles. The third-order valence-electron chi connectivity index (χ3n) is 4.00. The molecule has 0 radical (unpaired) electrons. The largest absolute Gasteiger partial charge is 0.382 e. The average molecular weight is 323 g/mol. The van der Waals surface area contributed by atoms with Crippen molar-refractivity contribution in [2.45, 2.75) is 18.9 Å². The minimum absolute atomic E-state index is 0.173. The number of aromatic nitrogens is 1. The average Bonchev–Trinajstić information content (AvgIpc) is 2.48. The van der Waals surface area contributed by atoms with Crippen molar-refractivity contribution in [3.8, 4) is 0 Å². The fraction of sp³-hybridized carbons (Fsp3) is 0.400. The molecule has 0 saturated carbocycles. The van der Waals surface area contributed by atoms with Gasteiger partial charge in [0, 0.05) is 36.4 Å². The van der Waals surface area contributed by atoms with Gasteiger partial charge in [0.1, 0.15) is 11.3 Å². The molecule has 0 atom stereocenters. The molecule has 1 saturated heterocycles. The van der Waals surface area contributed by atoms with Crippen LogP contribution in [0.5, 0.6) is 0 Å². The van der Waals surface area contributed by atoms with Gasteiger partial charge in [-0.1, -0.05) is 12.1 Å². The van der Waals surface area contributed by atoms with Crippen molar-refractivity contribution in [1.29, 1.82) is 0 Å². The molecule has 0 bridgehead atoms. The van der Waals surface area contributed by atoms with Gasteiger partial charge >= 0.3 is 0 Å². The summed E-state index contributed by atoms with van der Waals surface area (Å²) in [5, 5.41) is 4.14. The van der Waals surface area contributed by atoms with Crippen LogP contribution in [0.25, 0.3) is 10.9 Å². The molecule has 2 heterocycles. The Bertz CT molecular complexity index is 786. The van der Waals surface area contributed by atoms with Crippen molar-refractivity contribution in [2.24, 2.45) is 0 Å². The highest BCUT2D eigenvalue weighted by molar-refractivity contribution is 7.88. The summed E-state index contributed by atoms with van der Waals surface area (Å²) in [4.78, 5) is 4.08. The molecule has 1 fully saturated rings. The van der Waals surface area contributed by atoms with Gasteiger partial charge in [0.15, 0.2) is 0 Å². The van der Waals surface area contributed by atoms with E-state index >= 15 is 0 Å². The molecule has 1 N–H and O–H groups in total. The summed E-state index contributed by atoms with van der Waals surface area (Å²) in [7, 11) is -3.12. The molecule has 0 amide bonds. The number of benzene rings is 1. The van der Waals surface area contributed by atoms with Crippen LogP contribution in [0.3, 0.4) is 0 Å². The molecule has 1 aliphatic rings. The van der Waals surface area contributed by atoms with Crippen LogP contribution < -0.4 is 5.32 Å². The van der Waals surface area contributed by atoms with Crippen LogP contribution in [-0.2, 0) is 10.0 Å². The van der Waals surface area contributed by atoms with E-state index in [1.165, 1.54) is 16.6 Å². The quantitative estimate of drug-likeness (QED) is 0.941. The van der Waals surface area contributed by atoms with Crippen molar-refractivity contribution in [3.63, 3.8) is 0 Å². The Labute approximate surface area is 129 Å². The van der Waals surface area contributed by atoms with Gasteiger partial charge in [0.25, 0.3) is 0 Å². The van der Waals surface area contributed by atoms with Crippen LogP contribution in [-0.4, -0.2) is 43.1 Å². The van der Waals surface area contributed by atoms with Crippen LogP contribution in [0.4, 0.5) is 10.1 Å². The van der Waals surface area contributed by atoms with Crippen LogP contribution in [0.15, 0.2) is 30.5 Å². The lowest BCUT2D eigenvalue weighted by molar-refractivity contribution is 0.332. The van der Waals surface area contributed by atoms with Gasteiger partial charge < -0.3 is 5.32 Å². The van der Waals surface area contributed by atoms with Crippen LogP contribution in [0.1, 0.15) is 12.8 Å². The smallest absolute Gasteiger partial charge is 0.211 e. The van der Waals surface area contributed by atoms with Gasteiger partial charge in [-0.2, -0.15) is 0 Å². The lowest BCUT2D eigenvalue weighted by Gasteiger charge is -2.31. The Balaban J connectivity index is 1.77. The molecule has 0 unspecified atom stereocenters. The number of hydrogen-bond acceptors (Lipinski definition) is 4. The Morgan fingerprint density at radius 1 is 1.27 bits per heavy atom. The van der Waals surface area contributed by atoms with E-state index in [-0.39, 0.29) is 11.9 Å². The van der Waals surface area contributed by atoms with Crippen molar-refractivity contribution in [2.75, 3.05) is 24.7 Å². The zero-order valence-corrected chi connectivity index (χ0v) is 13.1. The van der Waals surface area contributed by atoms with Gasteiger partial charge in [-0.15, -0.1) is 0 Å². The zero-order valence-electron chi connectivity index (χ0n) is 12.3. The minimum Gasteiger partial charge on any atom is -0.382 e. The standard InChI is InChI=1S/C15H18FN3O2S/c1-22(20,21)19-9-6-11(7-10-19)18-14-5-8-17-15-12(14)3-2-4-13(15)16/h2-5,8,11H,6-7,9-10H2,1H3,(H,17,18).